The Hall–Kier alpha value is -2.49. The van der Waals surface area contributed by atoms with Crippen molar-refractivity contribution in [1.29, 1.82) is 0 Å². The summed E-state index contributed by atoms with van der Waals surface area (Å²) in [6.45, 7) is 0.313. The molecule has 0 atom stereocenters. The topological polar surface area (TPSA) is 32.8 Å². The Morgan fingerprint density at radius 2 is 1.55 bits per heavy atom. The van der Waals surface area contributed by atoms with Crippen molar-refractivity contribution in [3.63, 3.8) is 0 Å². The molecule has 1 aliphatic rings. The van der Waals surface area contributed by atoms with Crippen molar-refractivity contribution in [1.82, 2.24) is 0 Å². The van der Waals surface area contributed by atoms with E-state index in [9.17, 15) is 4.79 Å². The average molecular weight is 268 g/mol. The first kappa shape index (κ1) is 12.5. The van der Waals surface area contributed by atoms with Gasteiger partial charge in [-0.15, -0.1) is 0 Å². The standard InChI is InChI=1S/C16H16N2O2/c1-17-12-7-3-4-8-13(12)18(11-16(17)19)14-9-5-6-10-15(14)20-2/h3-10H,11H2,1-2H3. The van der Waals surface area contributed by atoms with Crippen molar-refractivity contribution in [2.45, 2.75) is 0 Å². The van der Waals surface area contributed by atoms with E-state index < -0.39 is 0 Å². The number of likely N-dealkylation sites (N-methyl/N-ethyl adjacent to an activating group) is 1. The van der Waals surface area contributed by atoms with E-state index in [1.165, 1.54) is 0 Å². The molecule has 4 heteroatoms. The van der Waals surface area contributed by atoms with Crippen molar-refractivity contribution in [2.75, 3.05) is 30.5 Å². The predicted molar refractivity (Wildman–Crippen MR) is 79.9 cm³/mol. The molecule has 1 amide bonds. The van der Waals surface area contributed by atoms with E-state index in [1.807, 2.05) is 53.4 Å². The van der Waals surface area contributed by atoms with Crippen LogP contribution in [0.1, 0.15) is 0 Å². The maximum absolute atomic E-state index is 12.2. The molecule has 0 saturated carbocycles. The largest absolute Gasteiger partial charge is 0.495 e. The summed E-state index contributed by atoms with van der Waals surface area (Å²) in [6, 6.07) is 15.6. The monoisotopic (exact) mass is 268 g/mol. The molecular weight excluding hydrogens is 252 g/mol. The van der Waals surface area contributed by atoms with Crippen LogP contribution < -0.4 is 14.5 Å². The first-order chi connectivity index (χ1) is 9.72. The van der Waals surface area contributed by atoms with Crippen molar-refractivity contribution >= 4 is 23.0 Å². The summed E-state index contributed by atoms with van der Waals surface area (Å²) in [5.74, 6) is 0.828. The fourth-order valence-corrected chi connectivity index (χ4v) is 2.50. The highest BCUT2D eigenvalue weighted by atomic mass is 16.5. The third-order valence-electron chi connectivity index (χ3n) is 3.58. The summed E-state index contributed by atoms with van der Waals surface area (Å²) < 4.78 is 5.41. The number of nitrogens with zero attached hydrogens (tertiary/aromatic N) is 2. The molecule has 0 aromatic heterocycles. The third-order valence-corrected chi connectivity index (χ3v) is 3.58. The van der Waals surface area contributed by atoms with Gasteiger partial charge in [0.1, 0.15) is 12.3 Å². The van der Waals surface area contributed by atoms with Crippen molar-refractivity contribution in [3.8, 4) is 5.75 Å². The van der Waals surface area contributed by atoms with Crippen molar-refractivity contribution < 1.29 is 9.53 Å². The van der Waals surface area contributed by atoms with Crippen LogP contribution in [0.5, 0.6) is 5.75 Å². The molecule has 1 aliphatic heterocycles. The molecule has 20 heavy (non-hydrogen) atoms. The number of carbonyl (C=O) groups is 1. The summed E-state index contributed by atoms with van der Waals surface area (Å²) in [4.78, 5) is 15.9. The minimum atomic E-state index is 0.0645. The highest BCUT2D eigenvalue weighted by Crippen LogP contribution is 2.40. The number of methoxy groups -OCH3 is 1. The smallest absolute Gasteiger partial charge is 0.246 e. The maximum atomic E-state index is 12.2. The van der Waals surface area contributed by atoms with Gasteiger partial charge in [0.15, 0.2) is 0 Å². The second kappa shape index (κ2) is 4.89. The Morgan fingerprint density at radius 3 is 2.25 bits per heavy atom. The molecule has 0 radical (unpaired) electrons. The molecule has 2 aromatic rings. The highest BCUT2D eigenvalue weighted by molar-refractivity contribution is 6.05. The summed E-state index contributed by atoms with van der Waals surface area (Å²) in [5.41, 5.74) is 2.83. The van der Waals surface area contributed by atoms with Gasteiger partial charge >= 0.3 is 0 Å². The van der Waals surface area contributed by atoms with Gasteiger partial charge in [0.2, 0.25) is 5.91 Å². The second-order valence-corrected chi connectivity index (χ2v) is 4.70. The SMILES string of the molecule is COc1ccccc1N1CC(=O)N(C)c2ccccc21. The zero-order chi connectivity index (χ0) is 14.1. The quantitative estimate of drug-likeness (QED) is 0.839. The second-order valence-electron chi connectivity index (χ2n) is 4.70. The fourth-order valence-electron chi connectivity index (χ4n) is 2.50. The summed E-state index contributed by atoms with van der Waals surface area (Å²) in [5, 5.41) is 0. The molecule has 3 rings (SSSR count). The summed E-state index contributed by atoms with van der Waals surface area (Å²) >= 11 is 0. The fraction of sp³-hybridized carbons (Fsp3) is 0.188. The summed E-state index contributed by atoms with van der Waals surface area (Å²) in [6.07, 6.45) is 0. The molecule has 0 saturated heterocycles. The van der Waals surface area contributed by atoms with Crippen molar-refractivity contribution in [2.24, 2.45) is 0 Å². The highest BCUT2D eigenvalue weighted by Gasteiger charge is 2.28. The Morgan fingerprint density at radius 1 is 0.950 bits per heavy atom. The molecule has 102 valence electrons. The number of anilines is 3. The number of fused-ring (bicyclic) bond motifs is 1. The minimum absolute atomic E-state index is 0.0645. The number of ether oxygens (including phenoxy) is 1. The van der Waals surface area contributed by atoms with Gasteiger partial charge in [0, 0.05) is 7.05 Å². The zero-order valence-corrected chi connectivity index (χ0v) is 11.5. The lowest BCUT2D eigenvalue weighted by Gasteiger charge is -2.35. The lowest BCUT2D eigenvalue weighted by molar-refractivity contribution is -0.117. The number of para-hydroxylation sites is 4. The van der Waals surface area contributed by atoms with Gasteiger partial charge in [-0.05, 0) is 24.3 Å². The first-order valence-corrected chi connectivity index (χ1v) is 6.48. The average Bonchev–Trinajstić information content (AvgIpc) is 2.51. The van der Waals surface area contributed by atoms with E-state index >= 15 is 0 Å². The number of amides is 1. The van der Waals surface area contributed by atoms with E-state index in [1.54, 1.807) is 19.1 Å². The Kier molecular flexibility index (Phi) is 3.06. The molecule has 1 heterocycles. The predicted octanol–water partition coefficient (Wildman–Crippen LogP) is 2.81. The van der Waals surface area contributed by atoms with Crippen LogP contribution in [0.2, 0.25) is 0 Å². The van der Waals surface area contributed by atoms with Crippen LogP contribution in [-0.2, 0) is 4.79 Å². The van der Waals surface area contributed by atoms with Gasteiger partial charge in [-0.2, -0.15) is 0 Å². The number of hydrogen-bond donors (Lipinski definition) is 0. The van der Waals surface area contributed by atoms with Gasteiger partial charge < -0.3 is 14.5 Å². The van der Waals surface area contributed by atoms with Gasteiger partial charge in [-0.3, -0.25) is 4.79 Å². The van der Waals surface area contributed by atoms with Crippen LogP contribution in [0.4, 0.5) is 17.1 Å². The number of rotatable bonds is 2. The molecule has 0 N–H and O–H groups in total. The van der Waals surface area contributed by atoms with Gasteiger partial charge in [-0.25, -0.2) is 0 Å². The van der Waals surface area contributed by atoms with Crippen LogP contribution in [0.15, 0.2) is 48.5 Å². The molecule has 4 nitrogen and oxygen atoms in total. The Balaban J connectivity index is 2.15. The van der Waals surface area contributed by atoms with Gasteiger partial charge in [0.05, 0.1) is 24.2 Å². The number of hydrogen-bond acceptors (Lipinski definition) is 3. The van der Waals surface area contributed by atoms with Crippen LogP contribution >= 0.6 is 0 Å². The molecule has 0 spiro atoms. The van der Waals surface area contributed by atoms with Crippen LogP contribution in [0.25, 0.3) is 0 Å². The van der Waals surface area contributed by atoms with Crippen LogP contribution in [-0.4, -0.2) is 26.6 Å². The molecule has 0 aliphatic carbocycles. The lowest BCUT2D eigenvalue weighted by Crippen LogP contribution is -2.41. The summed E-state index contributed by atoms with van der Waals surface area (Å²) in [7, 11) is 3.45. The third kappa shape index (κ3) is 1.90. The molecule has 0 bridgehead atoms. The van der Waals surface area contributed by atoms with Gasteiger partial charge in [0.25, 0.3) is 0 Å². The molecule has 0 fully saturated rings. The van der Waals surface area contributed by atoms with Crippen LogP contribution in [0, 0.1) is 0 Å². The van der Waals surface area contributed by atoms with Crippen molar-refractivity contribution in [3.05, 3.63) is 48.5 Å². The zero-order valence-electron chi connectivity index (χ0n) is 11.5. The van der Waals surface area contributed by atoms with E-state index in [0.717, 1.165) is 22.8 Å². The minimum Gasteiger partial charge on any atom is -0.495 e. The van der Waals surface area contributed by atoms with Crippen LogP contribution in [0.3, 0.4) is 0 Å². The molecule has 0 unspecified atom stereocenters. The lowest BCUT2D eigenvalue weighted by atomic mass is 10.1. The molecule has 2 aromatic carbocycles. The molecular formula is C16H16N2O2. The van der Waals surface area contributed by atoms with E-state index in [-0.39, 0.29) is 5.91 Å². The van der Waals surface area contributed by atoms with E-state index in [0.29, 0.717) is 6.54 Å². The van der Waals surface area contributed by atoms with E-state index in [2.05, 4.69) is 0 Å². The normalized spacial score (nSPS) is 14.2. The van der Waals surface area contributed by atoms with Gasteiger partial charge in [-0.1, -0.05) is 24.3 Å². The maximum Gasteiger partial charge on any atom is 0.246 e. The Bertz CT molecular complexity index is 654. The number of benzene rings is 2. The first-order valence-electron chi connectivity index (χ1n) is 6.48. The Labute approximate surface area is 118 Å². The van der Waals surface area contributed by atoms with E-state index in [4.69, 9.17) is 4.74 Å². The number of carbonyl (C=O) groups excluding carboxylic acids is 1.